The summed E-state index contributed by atoms with van der Waals surface area (Å²) in [6, 6.07) is 4.77. The van der Waals surface area contributed by atoms with E-state index >= 15 is 0 Å². The molecule has 2 heterocycles. The highest BCUT2D eigenvalue weighted by Crippen LogP contribution is 2.46. The Hall–Kier alpha value is -2.30. The first-order valence-corrected chi connectivity index (χ1v) is 6.13. The molecule has 0 aliphatic carbocycles. The molecular weight excluding hydrogens is 287 g/mol. The van der Waals surface area contributed by atoms with Crippen LogP contribution in [0.25, 0.3) is 0 Å². The topological polar surface area (TPSA) is 77.2 Å². The molecule has 0 saturated carbocycles. The average Bonchev–Trinajstić information content (AvgIpc) is 2.83. The Labute approximate surface area is 118 Å². The highest BCUT2D eigenvalue weighted by atomic mass is 19.4. The lowest BCUT2D eigenvalue weighted by Gasteiger charge is -2.27. The van der Waals surface area contributed by atoms with Crippen LogP contribution in [0.1, 0.15) is 17.7 Å². The predicted molar refractivity (Wildman–Crippen MR) is 66.6 cm³/mol. The first-order chi connectivity index (χ1) is 9.69. The Bertz CT molecular complexity index is 624. The second-order valence-corrected chi connectivity index (χ2v) is 5.02. The first-order valence-electron chi connectivity index (χ1n) is 6.13. The summed E-state index contributed by atoms with van der Waals surface area (Å²) in [7, 11) is 0. The highest BCUT2D eigenvalue weighted by molar-refractivity contribution is 5.78. The van der Waals surface area contributed by atoms with Crippen molar-refractivity contribution in [3.05, 3.63) is 23.4 Å². The Balaban J connectivity index is 2.36. The number of carbonyl (C=O) groups is 1. The molecule has 8 heteroatoms. The maximum Gasteiger partial charge on any atom is 0.406 e. The fourth-order valence-electron chi connectivity index (χ4n) is 2.41. The smallest absolute Gasteiger partial charge is 0.406 e. The van der Waals surface area contributed by atoms with Gasteiger partial charge >= 0.3 is 12.1 Å². The molecule has 1 fully saturated rings. The molecule has 1 aliphatic heterocycles. The largest absolute Gasteiger partial charge is 0.481 e. The Morgan fingerprint density at radius 1 is 1.52 bits per heavy atom. The van der Waals surface area contributed by atoms with Crippen LogP contribution in [0.2, 0.25) is 0 Å². The van der Waals surface area contributed by atoms with Crippen LogP contribution < -0.4 is 4.90 Å². The number of hydrogen-bond acceptors (Lipinski definition) is 4. The summed E-state index contributed by atoms with van der Waals surface area (Å²) in [5.74, 6) is -1.69. The lowest BCUT2D eigenvalue weighted by molar-refractivity contribution is -0.225. The van der Waals surface area contributed by atoms with Gasteiger partial charge in [0.15, 0.2) is 5.41 Å². The van der Waals surface area contributed by atoms with Gasteiger partial charge in [0.05, 0.1) is 11.6 Å². The van der Waals surface area contributed by atoms with Gasteiger partial charge in [-0.05, 0) is 25.5 Å². The molecule has 1 atom stereocenters. The number of nitriles is 1. The van der Waals surface area contributed by atoms with Crippen LogP contribution >= 0.6 is 0 Å². The van der Waals surface area contributed by atoms with Crippen molar-refractivity contribution in [1.29, 1.82) is 5.26 Å². The number of hydrogen-bond donors (Lipinski definition) is 1. The predicted octanol–water partition coefficient (Wildman–Crippen LogP) is 2.11. The number of aliphatic carboxylic acids is 1. The third-order valence-corrected chi connectivity index (χ3v) is 3.61. The summed E-state index contributed by atoms with van der Waals surface area (Å²) < 4.78 is 39.3. The van der Waals surface area contributed by atoms with E-state index in [9.17, 15) is 18.0 Å². The van der Waals surface area contributed by atoms with Crippen molar-refractivity contribution in [3.63, 3.8) is 0 Å². The standard InChI is InChI=1S/C13H12F3N3O2/c1-8-4-9(6-17)5-10(18-8)19-3-2-12(7-19,11(20)21)13(14,15)16/h4-5H,2-3,7H2,1H3,(H,20,21). The molecule has 21 heavy (non-hydrogen) atoms. The van der Waals surface area contributed by atoms with Gasteiger partial charge < -0.3 is 10.0 Å². The van der Waals surface area contributed by atoms with E-state index < -0.39 is 30.5 Å². The minimum Gasteiger partial charge on any atom is -0.481 e. The summed E-state index contributed by atoms with van der Waals surface area (Å²) in [6.07, 6.45) is -5.38. The van der Waals surface area contributed by atoms with Crippen LogP contribution in [0.15, 0.2) is 12.1 Å². The van der Waals surface area contributed by atoms with Gasteiger partial charge in [0.2, 0.25) is 0 Å². The minimum atomic E-state index is -4.84. The average molecular weight is 299 g/mol. The normalized spacial score (nSPS) is 22.1. The van der Waals surface area contributed by atoms with Gasteiger partial charge in [-0.3, -0.25) is 4.79 Å². The van der Waals surface area contributed by atoms with Gasteiger partial charge in [0, 0.05) is 18.8 Å². The number of halogens is 3. The second kappa shape index (κ2) is 4.91. The van der Waals surface area contributed by atoms with E-state index in [4.69, 9.17) is 10.4 Å². The van der Waals surface area contributed by atoms with Crippen molar-refractivity contribution in [2.45, 2.75) is 19.5 Å². The van der Waals surface area contributed by atoms with Crippen LogP contribution in [0, 0.1) is 23.7 Å². The molecule has 0 spiro atoms. The molecule has 0 aromatic carbocycles. The summed E-state index contributed by atoms with van der Waals surface area (Å²) in [6.45, 7) is 0.842. The fourth-order valence-corrected chi connectivity index (χ4v) is 2.41. The van der Waals surface area contributed by atoms with E-state index in [0.717, 1.165) is 0 Å². The van der Waals surface area contributed by atoms with Crippen LogP contribution in [0.3, 0.4) is 0 Å². The van der Waals surface area contributed by atoms with Crippen LogP contribution in [0.4, 0.5) is 19.0 Å². The molecule has 112 valence electrons. The van der Waals surface area contributed by atoms with E-state index in [0.29, 0.717) is 5.69 Å². The molecule has 1 saturated heterocycles. The Morgan fingerprint density at radius 2 is 2.19 bits per heavy atom. The summed E-state index contributed by atoms with van der Waals surface area (Å²) in [5, 5.41) is 17.9. The quantitative estimate of drug-likeness (QED) is 0.905. The molecule has 0 amide bonds. The summed E-state index contributed by atoms with van der Waals surface area (Å²) >= 11 is 0. The zero-order valence-corrected chi connectivity index (χ0v) is 11.1. The molecule has 0 radical (unpaired) electrons. The van der Waals surface area contributed by atoms with Gasteiger partial charge in [0.25, 0.3) is 0 Å². The summed E-state index contributed by atoms with van der Waals surface area (Å²) in [5.41, 5.74) is -2.02. The number of aryl methyl sites for hydroxylation is 1. The van der Waals surface area contributed by atoms with E-state index in [1.165, 1.54) is 17.0 Å². The monoisotopic (exact) mass is 299 g/mol. The van der Waals surface area contributed by atoms with Crippen LogP contribution in [-0.2, 0) is 4.79 Å². The highest BCUT2D eigenvalue weighted by Gasteiger charge is 2.63. The number of aromatic nitrogens is 1. The van der Waals surface area contributed by atoms with Crippen molar-refractivity contribution in [2.75, 3.05) is 18.0 Å². The number of anilines is 1. The lowest BCUT2D eigenvalue weighted by Crippen LogP contribution is -2.47. The molecule has 0 bridgehead atoms. The van der Waals surface area contributed by atoms with Crippen LogP contribution in [0.5, 0.6) is 0 Å². The third-order valence-electron chi connectivity index (χ3n) is 3.61. The number of carboxylic acids is 1. The molecular formula is C13H12F3N3O2. The first kappa shape index (κ1) is 15.1. The molecule has 1 aromatic rings. The maximum absolute atomic E-state index is 13.1. The summed E-state index contributed by atoms with van der Waals surface area (Å²) in [4.78, 5) is 16.5. The van der Waals surface area contributed by atoms with E-state index in [-0.39, 0.29) is 17.9 Å². The molecule has 1 aromatic heterocycles. The number of alkyl halides is 3. The fraction of sp³-hybridized carbons (Fsp3) is 0.462. The molecule has 2 rings (SSSR count). The van der Waals surface area contributed by atoms with E-state index in [1.807, 2.05) is 6.07 Å². The molecule has 1 aliphatic rings. The second-order valence-electron chi connectivity index (χ2n) is 5.02. The number of carboxylic acid groups (broad SMARTS) is 1. The Morgan fingerprint density at radius 3 is 2.67 bits per heavy atom. The van der Waals surface area contributed by atoms with Gasteiger partial charge in [-0.15, -0.1) is 0 Å². The third kappa shape index (κ3) is 2.51. The van der Waals surface area contributed by atoms with Crippen molar-refractivity contribution < 1.29 is 23.1 Å². The zero-order chi connectivity index (χ0) is 15.8. The van der Waals surface area contributed by atoms with Crippen LogP contribution in [-0.4, -0.2) is 35.3 Å². The van der Waals surface area contributed by atoms with Gasteiger partial charge in [-0.25, -0.2) is 4.98 Å². The van der Waals surface area contributed by atoms with Crippen molar-refractivity contribution in [3.8, 4) is 6.07 Å². The Kier molecular flexibility index (Phi) is 3.53. The zero-order valence-electron chi connectivity index (χ0n) is 11.1. The minimum absolute atomic E-state index is 0.0763. The molecule has 5 nitrogen and oxygen atoms in total. The maximum atomic E-state index is 13.1. The van der Waals surface area contributed by atoms with Gasteiger partial charge in [-0.1, -0.05) is 0 Å². The lowest BCUT2D eigenvalue weighted by atomic mass is 9.86. The number of rotatable bonds is 2. The number of pyridine rings is 1. The number of nitrogens with zero attached hydrogens (tertiary/aromatic N) is 3. The van der Waals surface area contributed by atoms with E-state index in [1.54, 1.807) is 6.92 Å². The van der Waals surface area contributed by atoms with Crippen molar-refractivity contribution in [1.82, 2.24) is 4.98 Å². The van der Waals surface area contributed by atoms with Crippen molar-refractivity contribution >= 4 is 11.8 Å². The van der Waals surface area contributed by atoms with E-state index in [2.05, 4.69) is 4.98 Å². The van der Waals surface area contributed by atoms with Crippen molar-refractivity contribution in [2.24, 2.45) is 5.41 Å². The van der Waals surface area contributed by atoms with Gasteiger partial charge in [-0.2, -0.15) is 18.4 Å². The molecule has 1 unspecified atom stereocenters. The SMILES string of the molecule is Cc1cc(C#N)cc(N2CCC(C(=O)O)(C(F)(F)F)C2)n1. The molecule has 1 N–H and O–H groups in total. The van der Waals surface area contributed by atoms with Gasteiger partial charge in [0.1, 0.15) is 5.82 Å².